The molecule has 0 aromatic carbocycles. The smallest absolute Gasteiger partial charge is 0.168 e. The van der Waals surface area contributed by atoms with Crippen LogP contribution >= 0.6 is 0 Å². The van der Waals surface area contributed by atoms with Gasteiger partial charge in [0.1, 0.15) is 11.9 Å². The number of aromatic nitrogens is 4. The first-order valence-electron chi connectivity index (χ1n) is 5.46. The topological polar surface area (TPSA) is 89.1 Å². The van der Waals surface area contributed by atoms with Crippen molar-refractivity contribution in [3.8, 4) is 0 Å². The maximum atomic E-state index is 4.42. The Bertz CT molecular complexity index is 511. The summed E-state index contributed by atoms with van der Waals surface area (Å²) in [5.41, 5.74) is 4.19. The van der Waals surface area contributed by atoms with Gasteiger partial charge in [0, 0.05) is 5.41 Å². The second-order valence-corrected chi connectivity index (χ2v) is 4.76. The van der Waals surface area contributed by atoms with E-state index in [0.29, 0.717) is 11.5 Å². The first-order valence-corrected chi connectivity index (χ1v) is 5.46. The summed E-state index contributed by atoms with van der Waals surface area (Å²) in [6.07, 6.45) is 2.94. The van der Waals surface area contributed by atoms with E-state index in [2.05, 4.69) is 56.4 Å². The molecule has 1 N–H and O–H groups in total. The van der Waals surface area contributed by atoms with Crippen molar-refractivity contribution in [3.63, 3.8) is 0 Å². The van der Waals surface area contributed by atoms with E-state index in [1.165, 1.54) is 12.4 Å². The van der Waals surface area contributed by atoms with Crippen LogP contribution in [0.2, 0.25) is 0 Å². The molecule has 7 heteroatoms. The number of anilines is 1. The first-order chi connectivity index (χ1) is 8.55. The monoisotopic (exact) mass is 246 g/mol. The zero-order valence-corrected chi connectivity index (χ0v) is 10.5. The summed E-state index contributed by atoms with van der Waals surface area (Å²) < 4.78 is 4.42. The fourth-order valence-corrected chi connectivity index (χ4v) is 1.19. The summed E-state index contributed by atoms with van der Waals surface area (Å²) in [5.74, 6) is 0.565. The average Bonchev–Trinajstić information content (AvgIpc) is 2.82. The largest absolute Gasteiger partial charge is 0.260 e. The van der Waals surface area contributed by atoms with Crippen molar-refractivity contribution in [2.24, 2.45) is 5.10 Å². The summed E-state index contributed by atoms with van der Waals surface area (Å²) in [5, 5.41) is 19.1. The van der Waals surface area contributed by atoms with E-state index in [1.807, 2.05) is 12.1 Å². The van der Waals surface area contributed by atoms with E-state index in [0.717, 1.165) is 5.69 Å². The second kappa shape index (κ2) is 4.91. The number of nitrogens with zero attached hydrogens (tertiary/aromatic N) is 5. The number of hydrogen-bond donors (Lipinski definition) is 1. The lowest BCUT2D eigenvalue weighted by atomic mass is 9.92. The van der Waals surface area contributed by atoms with Gasteiger partial charge < -0.3 is 0 Å². The van der Waals surface area contributed by atoms with Crippen molar-refractivity contribution in [2.75, 3.05) is 5.43 Å². The molecule has 2 heterocycles. The van der Waals surface area contributed by atoms with Gasteiger partial charge in [0.15, 0.2) is 5.82 Å². The number of hydrogen-bond acceptors (Lipinski definition) is 7. The number of hydrazone groups is 1. The van der Waals surface area contributed by atoms with Gasteiger partial charge in [-0.25, -0.2) is 4.63 Å². The van der Waals surface area contributed by atoms with Gasteiger partial charge in [0.25, 0.3) is 0 Å². The van der Waals surface area contributed by atoms with Crippen LogP contribution < -0.4 is 5.43 Å². The van der Waals surface area contributed by atoms with Crippen LogP contribution in [0.15, 0.2) is 28.1 Å². The molecule has 2 aromatic heterocycles. The highest BCUT2D eigenvalue weighted by Gasteiger charge is 2.15. The minimum absolute atomic E-state index is 0.0127. The maximum Gasteiger partial charge on any atom is 0.168 e. The normalized spacial score (nSPS) is 11.9. The molecule has 0 aliphatic rings. The molecule has 0 unspecified atom stereocenters. The molecule has 0 fully saturated rings. The van der Waals surface area contributed by atoms with Crippen LogP contribution in [0, 0.1) is 0 Å². The predicted molar refractivity (Wildman–Crippen MR) is 66.2 cm³/mol. The second-order valence-electron chi connectivity index (χ2n) is 4.76. The fraction of sp³-hybridized carbons (Fsp3) is 0.364. The molecular weight excluding hydrogens is 232 g/mol. The van der Waals surface area contributed by atoms with Crippen LogP contribution in [-0.4, -0.2) is 26.7 Å². The lowest BCUT2D eigenvalue weighted by molar-refractivity contribution is 0.306. The SMILES string of the molecule is CC(C)(C)c1ccc(N/N=C/c2cnon2)nn1. The highest BCUT2D eigenvalue weighted by Crippen LogP contribution is 2.19. The average molecular weight is 246 g/mol. The van der Waals surface area contributed by atoms with Crippen molar-refractivity contribution in [1.82, 2.24) is 20.5 Å². The van der Waals surface area contributed by atoms with Gasteiger partial charge in [-0.15, -0.1) is 5.10 Å². The van der Waals surface area contributed by atoms with Gasteiger partial charge in [-0.05, 0) is 17.3 Å². The van der Waals surface area contributed by atoms with Crippen LogP contribution in [0.1, 0.15) is 32.2 Å². The molecule has 0 amide bonds. The molecule has 0 saturated carbocycles. The molecule has 0 bridgehead atoms. The Morgan fingerprint density at radius 1 is 1.28 bits per heavy atom. The lowest BCUT2D eigenvalue weighted by Crippen LogP contribution is -2.14. The van der Waals surface area contributed by atoms with Gasteiger partial charge >= 0.3 is 0 Å². The Labute approximate surface area is 104 Å². The molecule has 0 saturated heterocycles. The van der Waals surface area contributed by atoms with E-state index >= 15 is 0 Å². The summed E-state index contributed by atoms with van der Waals surface area (Å²) >= 11 is 0. The van der Waals surface area contributed by atoms with E-state index in [-0.39, 0.29) is 5.41 Å². The van der Waals surface area contributed by atoms with E-state index in [4.69, 9.17) is 0 Å². The lowest BCUT2D eigenvalue weighted by Gasteiger charge is -2.16. The van der Waals surface area contributed by atoms with Crippen molar-refractivity contribution in [2.45, 2.75) is 26.2 Å². The van der Waals surface area contributed by atoms with Crippen LogP contribution in [0.25, 0.3) is 0 Å². The minimum atomic E-state index is -0.0127. The van der Waals surface area contributed by atoms with Crippen molar-refractivity contribution in [1.29, 1.82) is 0 Å². The van der Waals surface area contributed by atoms with Crippen LogP contribution in [0.3, 0.4) is 0 Å². The Morgan fingerprint density at radius 3 is 2.67 bits per heavy atom. The third kappa shape index (κ3) is 3.09. The third-order valence-corrected chi connectivity index (χ3v) is 2.19. The van der Waals surface area contributed by atoms with Gasteiger partial charge in [0.2, 0.25) is 0 Å². The van der Waals surface area contributed by atoms with Gasteiger partial charge in [-0.2, -0.15) is 10.2 Å². The maximum absolute atomic E-state index is 4.42. The van der Waals surface area contributed by atoms with Crippen molar-refractivity contribution >= 4 is 12.0 Å². The Kier molecular flexibility index (Phi) is 3.31. The van der Waals surface area contributed by atoms with E-state index < -0.39 is 0 Å². The molecule has 2 aromatic rings. The fourth-order valence-electron chi connectivity index (χ4n) is 1.19. The Balaban J connectivity index is 1.99. The first kappa shape index (κ1) is 12.2. The molecule has 0 spiro atoms. The zero-order valence-electron chi connectivity index (χ0n) is 10.5. The molecule has 7 nitrogen and oxygen atoms in total. The molecular formula is C11H14N6O. The molecule has 94 valence electrons. The van der Waals surface area contributed by atoms with Crippen molar-refractivity contribution in [3.05, 3.63) is 29.7 Å². The van der Waals surface area contributed by atoms with Gasteiger partial charge in [0.05, 0.1) is 11.9 Å². The molecule has 0 aliphatic carbocycles. The van der Waals surface area contributed by atoms with Crippen molar-refractivity contribution < 1.29 is 4.63 Å². The third-order valence-electron chi connectivity index (χ3n) is 2.19. The Morgan fingerprint density at radius 2 is 2.11 bits per heavy atom. The summed E-state index contributed by atoms with van der Waals surface area (Å²) in [4.78, 5) is 0. The summed E-state index contributed by atoms with van der Waals surface area (Å²) in [6.45, 7) is 6.25. The zero-order chi connectivity index (χ0) is 13.0. The molecule has 18 heavy (non-hydrogen) atoms. The Hall–Kier alpha value is -2.31. The highest BCUT2D eigenvalue weighted by molar-refractivity contribution is 5.76. The standard InChI is InChI=1S/C11H14N6O/c1-11(2,3)9-4-5-10(16-14-9)15-12-6-8-7-13-18-17-8/h4-7H,1-3H3,(H,15,16)/b12-6+. The highest BCUT2D eigenvalue weighted by atomic mass is 16.6. The summed E-state index contributed by atoms with van der Waals surface area (Å²) in [7, 11) is 0. The molecule has 0 aliphatic heterocycles. The summed E-state index contributed by atoms with van der Waals surface area (Å²) in [6, 6.07) is 3.74. The predicted octanol–water partition coefficient (Wildman–Crippen LogP) is 1.60. The van der Waals surface area contributed by atoms with Crippen LogP contribution in [-0.2, 0) is 5.41 Å². The van der Waals surface area contributed by atoms with Gasteiger partial charge in [-0.1, -0.05) is 25.9 Å². The van der Waals surface area contributed by atoms with E-state index in [9.17, 15) is 0 Å². The number of rotatable bonds is 3. The van der Waals surface area contributed by atoms with E-state index in [1.54, 1.807) is 0 Å². The molecule has 2 rings (SSSR count). The van der Waals surface area contributed by atoms with Crippen LogP contribution in [0.5, 0.6) is 0 Å². The quantitative estimate of drug-likeness (QED) is 0.653. The minimum Gasteiger partial charge on any atom is -0.260 e. The molecule has 0 radical (unpaired) electrons. The molecule has 0 atom stereocenters. The van der Waals surface area contributed by atoms with Gasteiger partial charge in [-0.3, -0.25) is 5.43 Å². The van der Waals surface area contributed by atoms with Crippen LogP contribution in [0.4, 0.5) is 5.82 Å². The number of nitrogens with one attached hydrogen (secondary N) is 1.